The molecule has 0 unspecified atom stereocenters. The lowest BCUT2D eigenvalue weighted by Gasteiger charge is -2.27. The number of halogens is 1. The number of hydrogen-bond acceptors (Lipinski definition) is 4. The summed E-state index contributed by atoms with van der Waals surface area (Å²) in [5.74, 6) is 0.866. The molecule has 0 atom stereocenters. The summed E-state index contributed by atoms with van der Waals surface area (Å²) in [6, 6.07) is 142. The van der Waals surface area contributed by atoms with Gasteiger partial charge in [0.25, 0.3) is 0 Å². The zero-order valence-corrected chi connectivity index (χ0v) is 58.8. The summed E-state index contributed by atoms with van der Waals surface area (Å²) in [7, 11) is 0. The highest BCUT2D eigenvalue weighted by atomic mass is 79.9. The van der Waals surface area contributed by atoms with E-state index in [1.165, 1.54) is 83.1 Å². The fourth-order valence-electron chi connectivity index (χ4n) is 15.2. The molecule has 0 fully saturated rings. The summed E-state index contributed by atoms with van der Waals surface area (Å²) in [5, 5.41) is 6.18. The van der Waals surface area contributed by atoms with E-state index in [1.54, 1.807) is 0 Å². The topological polar surface area (TPSA) is 50.9 Å². The number of nitrogens with one attached hydrogen (secondary N) is 1. The Labute approximate surface area is 619 Å². The summed E-state index contributed by atoms with van der Waals surface area (Å²) >= 11 is 3.50. The fraction of sp³-hybridized carbons (Fsp3) is 0. The Kier molecular flexibility index (Phi) is 17.1. The Bertz CT molecular complexity index is 6050. The van der Waals surface area contributed by atoms with Crippen LogP contribution in [0, 0.1) is 0 Å². The Morgan fingerprint density at radius 2 is 0.590 bits per heavy atom. The molecule has 6 nitrogen and oxygen atoms in total. The molecule has 496 valence electrons. The number of aromatic nitrogens is 4. The van der Waals surface area contributed by atoms with Crippen molar-refractivity contribution in [3.63, 3.8) is 0 Å². The van der Waals surface area contributed by atoms with Crippen molar-refractivity contribution < 1.29 is 0 Å². The molecule has 4 aromatic heterocycles. The minimum absolute atomic E-state index is 0.854. The second-order valence-electron chi connectivity index (χ2n) is 26.1. The van der Waals surface area contributed by atoms with E-state index in [4.69, 9.17) is 4.98 Å². The highest BCUT2D eigenvalue weighted by molar-refractivity contribution is 9.10. The molecular formula is C98H67BrN6. The molecule has 0 saturated carbocycles. The monoisotopic (exact) mass is 1410 g/mol. The van der Waals surface area contributed by atoms with Crippen molar-refractivity contribution in [3.8, 4) is 123 Å². The van der Waals surface area contributed by atoms with Gasteiger partial charge in [0.1, 0.15) is 10.4 Å². The Balaban J connectivity index is 0.000000126. The molecule has 6 heterocycles. The number of para-hydroxylation sites is 8. The van der Waals surface area contributed by atoms with Gasteiger partial charge < -0.3 is 14.5 Å². The average molecular weight is 1410 g/mol. The van der Waals surface area contributed by atoms with E-state index in [9.17, 15) is 0 Å². The van der Waals surface area contributed by atoms with Gasteiger partial charge in [-0.15, -0.1) is 0 Å². The van der Waals surface area contributed by atoms with Gasteiger partial charge in [-0.1, -0.05) is 328 Å². The SMILES string of the molecule is Brc1cc(-c2ccccc2)cc(-c2ccccc2)n1.c1ccc(-c2cc(-c3ccccc3)nc(N3c4ccccc4-c4c(n(-c5ccccc5)c5c(-c6ccccc6)cccc45)-c4ccccc43)c2)cc1.c1ccc(-c2cccc3c4c(n(-c5ccccc5)c23)-c2ccccc2Nc2ccccc2-4)cc1. The Morgan fingerprint density at radius 3 is 1.09 bits per heavy atom. The molecule has 14 aromatic carbocycles. The number of hydrogen-bond donors (Lipinski definition) is 1. The summed E-state index contributed by atoms with van der Waals surface area (Å²) in [6.45, 7) is 0. The first-order valence-electron chi connectivity index (χ1n) is 35.5. The maximum Gasteiger partial charge on any atom is 0.138 e. The normalized spacial score (nSPS) is 11.5. The number of fused-ring (bicyclic) bond motifs is 14. The minimum Gasteiger partial charge on any atom is -0.354 e. The maximum atomic E-state index is 5.46. The van der Waals surface area contributed by atoms with Crippen molar-refractivity contribution in [2.75, 3.05) is 10.2 Å². The van der Waals surface area contributed by atoms with Crippen LogP contribution in [0.2, 0.25) is 0 Å². The minimum atomic E-state index is 0.854. The largest absolute Gasteiger partial charge is 0.354 e. The van der Waals surface area contributed by atoms with E-state index in [0.717, 1.165) is 95.0 Å². The van der Waals surface area contributed by atoms with Gasteiger partial charge >= 0.3 is 0 Å². The lowest BCUT2D eigenvalue weighted by atomic mass is 9.96. The van der Waals surface area contributed by atoms with E-state index in [1.807, 2.05) is 42.5 Å². The number of pyridine rings is 2. The van der Waals surface area contributed by atoms with Crippen molar-refractivity contribution in [1.82, 2.24) is 19.1 Å². The van der Waals surface area contributed by atoms with Crippen LogP contribution < -0.4 is 10.2 Å². The standard InChI is InChI=1S/C49H33N3.C32H22N2.C17H12BrN/c1-5-18-34(19-6-1)37-32-43(36-22-9-3-10-23-36)50-46(33-37)52-44-30-15-13-26-40(44)47-42-29-17-28-39(35-20-7-2-8-21-35)48(42)51(38-24-11-4-12-25-38)49(47)41-27-14-16-31-45(41)52;1-3-12-22(13-4-1)24-18-11-19-27-30-25-16-7-9-20-28(25)33-29-21-10-8-17-26(29)32(30)34(31(24)27)23-14-5-2-6-15-23;18-17-12-15(13-7-3-1-4-8-13)11-16(19-17)14-9-5-2-6-10-14/h1-33H;1-21,33H;1-12H. The first-order valence-corrected chi connectivity index (χ1v) is 36.3. The molecule has 0 amide bonds. The first kappa shape index (κ1) is 63.7. The predicted octanol–water partition coefficient (Wildman–Crippen LogP) is 27.0. The third kappa shape index (κ3) is 12.1. The zero-order chi connectivity index (χ0) is 70.0. The molecule has 105 heavy (non-hydrogen) atoms. The predicted molar refractivity (Wildman–Crippen MR) is 442 cm³/mol. The summed E-state index contributed by atoms with van der Waals surface area (Å²) in [6.07, 6.45) is 0. The van der Waals surface area contributed by atoms with Crippen molar-refractivity contribution in [3.05, 3.63) is 405 Å². The molecule has 0 radical (unpaired) electrons. The summed E-state index contributed by atoms with van der Waals surface area (Å²) in [4.78, 5) is 12.4. The van der Waals surface area contributed by atoms with Gasteiger partial charge in [-0.3, -0.25) is 4.90 Å². The third-order valence-corrected chi connectivity index (χ3v) is 20.2. The molecule has 0 aliphatic carbocycles. The van der Waals surface area contributed by atoms with Crippen LogP contribution in [0.5, 0.6) is 0 Å². The number of anilines is 5. The zero-order valence-electron chi connectivity index (χ0n) is 57.2. The second-order valence-corrected chi connectivity index (χ2v) is 27.0. The van der Waals surface area contributed by atoms with Gasteiger partial charge in [-0.05, 0) is 122 Å². The lowest BCUT2D eigenvalue weighted by molar-refractivity contribution is 1.13. The molecule has 1 N–H and O–H groups in total. The van der Waals surface area contributed by atoms with Crippen molar-refractivity contribution in [2.45, 2.75) is 0 Å². The third-order valence-electron chi connectivity index (χ3n) is 19.8. The Hall–Kier alpha value is -13.5. The van der Waals surface area contributed by atoms with E-state index in [-0.39, 0.29) is 0 Å². The van der Waals surface area contributed by atoms with Gasteiger partial charge in [0, 0.05) is 89.2 Å². The summed E-state index contributed by atoms with van der Waals surface area (Å²) < 4.78 is 5.79. The van der Waals surface area contributed by atoms with Crippen molar-refractivity contribution in [2.24, 2.45) is 0 Å². The van der Waals surface area contributed by atoms with E-state index >= 15 is 0 Å². The van der Waals surface area contributed by atoms with E-state index in [2.05, 4.69) is 398 Å². The quantitative estimate of drug-likeness (QED) is 0.146. The van der Waals surface area contributed by atoms with Crippen LogP contribution in [-0.4, -0.2) is 19.1 Å². The van der Waals surface area contributed by atoms with Crippen LogP contribution in [0.15, 0.2) is 405 Å². The van der Waals surface area contributed by atoms with Crippen LogP contribution in [0.3, 0.4) is 0 Å². The molecule has 0 bridgehead atoms. The van der Waals surface area contributed by atoms with Crippen LogP contribution in [0.4, 0.5) is 28.6 Å². The summed E-state index contributed by atoms with van der Waals surface area (Å²) in [5.41, 5.74) is 32.3. The van der Waals surface area contributed by atoms with Crippen LogP contribution in [-0.2, 0) is 0 Å². The van der Waals surface area contributed by atoms with Gasteiger partial charge in [-0.2, -0.15) is 0 Å². The highest BCUT2D eigenvalue weighted by Gasteiger charge is 2.34. The van der Waals surface area contributed by atoms with Gasteiger partial charge in [0.05, 0.1) is 45.2 Å². The fourth-order valence-corrected chi connectivity index (χ4v) is 15.7. The van der Waals surface area contributed by atoms with Gasteiger partial charge in [0.15, 0.2) is 0 Å². The smallest absolute Gasteiger partial charge is 0.138 e. The molecule has 20 rings (SSSR count). The number of nitrogens with zero attached hydrogens (tertiary/aromatic N) is 5. The molecule has 7 heteroatoms. The van der Waals surface area contributed by atoms with Crippen molar-refractivity contribution in [1.29, 1.82) is 0 Å². The first-order chi connectivity index (χ1) is 52.1. The molecule has 2 aliphatic heterocycles. The lowest BCUT2D eigenvalue weighted by Crippen LogP contribution is -2.13. The average Bonchev–Trinajstić information content (AvgIpc) is 1.56. The van der Waals surface area contributed by atoms with Gasteiger partial charge in [0.2, 0.25) is 0 Å². The van der Waals surface area contributed by atoms with E-state index in [0.29, 0.717) is 0 Å². The van der Waals surface area contributed by atoms with Crippen molar-refractivity contribution >= 4 is 66.3 Å². The molecule has 2 aliphatic rings. The molecular weight excluding hydrogens is 1340 g/mol. The maximum absolute atomic E-state index is 5.46. The number of benzene rings is 14. The van der Waals surface area contributed by atoms with Crippen LogP contribution in [0.1, 0.15) is 0 Å². The number of rotatable bonds is 9. The molecule has 18 aromatic rings. The van der Waals surface area contributed by atoms with Gasteiger partial charge in [-0.25, -0.2) is 9.97 Å². The highest BCUT2D eigenvalue weighted by Crippen LogP contribution is 2.56. The molecule has 0 saturated heterocycles. The van der Waals surface area contributed by atoms with E-state index < -0.39 is 0 Å². The van der Waals surface area contributed by atoms with Crippen LogP contribution in [0.25, 0.3) is 145 Å². The Morgan fingerprint density at radius 1 is 0.248 bits per heavy atom. The second kappa shape index (κ2) is 28.2. The van der Waals surface area contributed by atoms with Crippen LogP contribution >= 0.6 is 15.9 Å². The molecule has 0 spiro atoms.